The molecule has 1 amide bonds. The number of benzene rings is 3. The molecule has 2 heterocycles. The number of methoxy groups -OCH3 is 1. The highest BCUT2D eigenvalue weighted by atomic mass is 35.5. The van der Waals surface area contributed by atoms with Crippen molar-refractivity contribution in [3.63, 3.8) is 0 Å². The monoisotopic (exact) mass is 543 g/mol. The molecule has 3 aromatic carbocycles. The molecule has 2 aromatic heterocycles. The molecule has 0 bridgehead atoms. The molecule has 5 rings (SSSR count). The quantitative estimate of drug-likeness (QED) is 0.195. The van der Waals surface area contributed by atoms with E-state index in [0.29, 0.717) is 27.7 Å². The van der Waals surface area contributed by atoms with Crippen LogP contribution in [0.3, 0.4) is 0 Å². The second kappa shape index (κ2) is 10.9. The van der Waals surface area contributed by atoms with Crippen LogP contribution in [0.2, 0.25) is 5.02 Å². The molecule has 0 saturated carbocycles. The van der Waals surface area contributed by atoms with E-state index >= 15 is 0 Å². The van der Waals surface area contributed by atoms with Crippen LogP contribution in [0.1, 0.15) is 11.3 Å². The Labute approximate surface area is 228 Å². The predicted molar refractivity (Wildman–Crippen MR) is 153 cm³/mol. The molecule has 0 aliphatic heterocycles. The van der Waals surface area contributed by atoms with Gasteiger partial charge in [-0.15, -0.1) is 10.2 Å². The van der Waals surface area contributed by atoms with Gasteiger partial charge in [-0.1, -0.05) is 23.7 Å². The van der Waals surface area contributed by atoms with Crippen LogP contribution >= 0.6 is 23.8 Å². The van der Waals surface area contributed by atoms with E-state index in [1.807, 2.05) is 67.6 Å². The van der Waals surface area contributed by atoms with Gasteiger partial charge in [0.15, 0.2) is 5.11 Å². The molecular formula is C28H22ClN5O3S. The molecule has 10 heteroatoms. The molecule has 0 unspecified atom stereocenters. The van der Waals surface area contributed by atoms with Crippen molar-refractivity contribution in [3.05, 3.63) is 95.2 Å². The zero-order valence-electron chi connectivity index (χ0n) is 20.4. The largest absolute Gasteiger partial charge is 0.497 e. The summed E-state index contributed by atoms with van der Waals surface area (Å²) in [6.45, 7) is 1.94. The summed E-state index contributed by atoms with van der Waals surface area (Å²) in [6.07, 6.45) is 2.92. The fraction of sp³-hybridized carbons (Fsp3) is 0.0714. The van der Waals surface area contributed by atoms with Crippen LogP contribution in [-0.4, -0.2) is 33.1 Å². The number of aromatic nitrogens is 3. The fourth-order valence-electron chi connectivity index (χ4n) is 3.64. The highest BCUT2D eigenvalue weighted by Crippen LogP contribution is 2.27. The number of amides is 1. The predicted octanol–water partition coefficient (Wildman–Crippen LogP) is 6.18. The second-order valence-corrected chi connectivity index (χ2v) is 9.15. The molecular weight excluding hydrogens is 522 g/mol. The second-order valence-electron chi connectivity index (χ2n) is 8.33. The molecule has 0 atom stereocenters. The molecule has 38 heavy (non-hydrogen) atoms. The highest BCUT2D eigenvalue weighted by molar-refractivity contribution is 7.80. The Balaban J connectivity index is 1.19. The van der Waals surface area contributed by atoms with Gasteiger partial charge in [-0.05, 0) is 91.4 Å². The molecule has 0 spiro atoms. The molecule has 2 N–H and O–H groups in total. The van der Waals surface area contributed by atoms with E-state index in [0.717, 1.165) is 28.1 Å². The highest BCUT2D eigenvalue weighted by Gasteiger charge is 2.09. The number of rotatable bonds is 6. The minimum atomic E-state index is -0.398. The van der Waals surface area contributed by atoms with Gasteiger partial charge in [-0.3, -0.25) is 10.1 Å². The lowest BCUT2D eigenvalue weighted by atomic mass is 10.1. The van der Waals surface area contributed by atoms with Gasteiger partial charge < -0.3 is 14.5 Å². The van der Waals surface area contributed by atoms with Crippen molar-refractivity contribution in [2.45, 2.75) is 6.92 Å². The van der Waals surface area contributed by atoms with Gasteiger partial charge in [-0.25, -0.2) is 0 Å². The van der Waals surface area contributed by atoms with Crippen molar-refractivity contribution >= 4 is 57.6 Å². The number of furan rings is 1. The molecule has 0 fully saturated rings. The van der Waals surface area contributed by atoms with Crippen molar-refractivity contribution in [2.75, 3.05) is 12.4 Å². The normalized spacial score (nSPS) is 11.1. The van der Waals surface area contributed by atoms with Crippen LogP contribution in [0.4, 0.5) is 5.69 Å². The Morgan fingerprint density at radius 3 is 2.58 bits per heavy atom. The van der Waals surface area contributed by atoms with E-state index in [-0.39, 0.29) is 5.11 Å². The number of anilines is 1. The van der Waals surface area contributed by atoms with Crippen molar-refractivity contribution in [1.29, 1.82) is 0 Å². The maximum atomic E-state index is 12.4. The summed E-state index contributed by atoms with van der Waals surface area (Å²) in [5.41, 5.74) is 4.70. The number of aryl methyl sites for hydroxylation is 1. The minimum absolute atomic E-state index is 0.149. The van der Waals surface area contributed by atoms with Gasteiger partial charge in [0.1, 0.15) is 28.3 Å². The van der Waals surface area contributed by atoms with Gasteiger partial charge in [0.25, 0.3) is 0 Å². The summed E-state index contributed by atoms with van der Waals surface area (Å²) >= 11 is 11.5. The zero-order chi connectivity index (χ0) is 26.6. The third kappa shape index (κ3) is 5.74. The smallest absolute Gasteiger partial charge is 0.250 e. The van der Waals surface area contributed by atoms with E-state index in [1.165, 1.54) is 6.08 Å². The first-order valence-corrected chi connectivity index (χ1v) is 12.3. The first-order chi connectivity index (χ1) is 18.4. The Kier molecular flexibility index (Phi) is 7.21. The number of nitrogens with one attached hydrogen (secondary N) is 2. The first-order valence-electron chi connectivity index (χ1n) is 11.6. The van der Waals surface area contributed by atoms with Gasteiger partial charge in [0.05, 0.1) is 12.8 Å². The van der Waals surface area contributed by atoms with Crippen molar-refractivity contribution in [1.82, 2.24) is 20.3 Å². The Bertz CT molecular complexity index is 1670. The number of nitrogens with zero attached hydrogens (tertiary/aromatic N) is 3. The zero-order valence-corrected chi connectivity index (χ0v) is 22.0. The number of halogens is 1. The summed E-state index contributed by atoms with van der Waals surface area (Å²) in [5, 5.41) is 15.5. The fourth-order valence-corrected chi connectivity index (χ4v) is 4.04. The molecule has 190 valence electrons. The topological polar surface area (TPSA) is 94.2 Å². The molecule has 0 saturated heterocycles. The number of ether oxygens (including phenoxy) is 1. The number of hydrogen-bond donors (Lipinski definition) is 2. The van der Waals surface area contributed by atoms with Crippen LogP contribution in [-0.2, 0) is 4.79 Å². The van der Waals surface area contributed by atoms with Crippen molar-refractivity contribution in [2.24, 2.45) is 0 Å². The summed E-state index contributed by atoms with van der Waals surface area (Å²) < 4.78 is 11.0. The van der Waals surface area contributed by atoms with E-state index < -0.39 is 5.91 Å². The van der Waals surface area contributed by atoms with Gasteiger partial charge in [-0.2, -0.15) is 4.80 Å². The number of hydrogen-bond acceptors (Lipinski definition) is 6. The molecule has 5 aromatic rings. The third-order valence-electron chi connectivity index (χ3n) is 5.66. The number of thiocarbonyl (C=S) groups is 1. The summed E-state index contributed by atoms with van der Waals surface area (Å²) in [6, 6.07) is 22.2. The van der Waals surface area contributed by atoms with Gasteiger partial charge in [0, 0.05) is 22.3 Å². The molecule has 0 aliphatic carbocycles. The third-order valence-corrected chi connectivity index (χ3v) is 6.27. The SMILES string of the molecule is COc1ccc(-n2nc3ccc(NC(=S)NC(=O)/C=C/c4ccc(-c5ccc(C)c(Cl)c5)o4)cc3n2)cc1. The maximum Gasteiger partial charge on any atom is 0.250 e. The van der Waals surface area contributed by atoms with Gasteiger partial charge in [0.2, 0.25) is 5.91 Å². The Hall–Kier alpha value is -4.47. The molecule has 0 aliphatic rings. The Morgan fingerprint density at radius 2 is 1.82 bits per heavy atom. The van der Waals surface area contributed by atoms with E-state index in [4.69, 9.17) is 33.0 Å². The Morgan fingerprint density at radius 1 is 1.03 bits per heavy atom. The number of carbonyl (C=O) groups is 1. The van der Waals surface area contributed by atoms with Crippen LogP contribution in [0.15, 0.2) is 83.3 Å². The lowest BCUT2D eigenvalue weighted by Crippen LogP contribution is -2.32. The van der Waals surface area contributed by atoms with E-state index in [2.05, 4.69) is 20.8 Å². The summed E-state index contributed by atoms with van der Waals surface area (Å²) in [5.74, 6) is 1.54. The van der Waals surface area contributed by atoms with Crippen LogP contribution in [0, 0.1) is 6.92 Å². The number of carbonyl (C=O) groups excluding carboxylic acids is 1. The average Bonchev–Trinajstić information content (AvgIpc) is 3.56. The van der Waals surface area contributed by atoms with Gasteiger partial charge >= 0.3 is 0 Å². The maximum absolute atomic E-state index is 12.4. The lowest BCUT2D eigenvalue weighted by molar-refractivity contribution is -0.115. The molecule has 8 nitrogen and oxygen atoms in total. The summed E-state index contributed by atoms with van der Waals surface area (Å²) in [4.78, 5) is 13.9. The average molecular weight is 544 g/mol. The van der Waals surface area contributed by atoms with E-state index in [1.54, 1.807) is 30.1 Å². The standard InChI is InChI=1S/C28H22ClN5O3S/c1-17-3-4-18(15-23(17)29)26-13-10-22(37-26)11-14-27(35)31-28(38)30-19-5-12-24-25(16-19)33-34(32-24)20-6-8-21(36-2)9-7-20/h3-16H,1-2H3,(H2,30,31,35,38)/b14-11+. The number of fused-ring (bicyclic) bond motifs is 1. The molecule has 0 radical (unpaired) electrons. The first kappa shape index (κ1) is 25.2. The van der Waals surface area contributed by atoms with E-state index in [9.17, 15) is 4.79 Å². The lowest BCUT2D eigenvalue weighted by Gasteiger charge is -2.07. The van der Waals surface area contributed by atoms with Crippen LogP contribution in [0.25, 0.3) is 34.1 Å². The summed E-state index contributed by atoms with van der Waals surface area (Å²) in [7, 11) is 1.62. The van der Waals surface area contributed by atoms with Crippen LogP contribution < -0.4 is 15.4 Å². The van der Waals surface area contributed by atoms with Crippen molar-refractivity contribution < 1.29 is 13.9 Å². The minimum Gasteiger partial charge on any atom is -0.497 e. The van der Waals surface area contributed by atoms with Crippen molar-refractivity contribution in [3.8, 4) is 22.8 Å². The van der Waals surface area contributed by atoms with Crippen LogP contribution in [0.5, 0.6) is 5.75 Å².